The van der Waals surface area contributed by atoms with Crippen LogP contribution in [0, 0.1) is 17.8 Å². The van der Waals surface area contributed by atoms with Crippen LogP contribution < -0.4 is 0 Å². The summed E-state index contributed by atoms with van der Waals surface area (Å²) in [5.41, 5.74) is -0.861. The van der Waals surface area contributed by atoms with Gasteiger partial charge in [-0.3, -0.25) is 0 Å². The van der Waals surface area contributed by atoms with Crippen LogP contribution in [0.2, 0.25) is 0 Å². The molecule has 1 atom stereocenters. The van der Waals surface area contributed by atoms with Gasteiger partial charge in [0.2, 0.25) is 0 Å². The van der Waals surface area contributed by atoms with Gasteiger partial charge in [0.05, 0.1) is 6.54 Å². The SMILES string of the molecule is C#CCOC(C(C)(C)C)C(F)(F)CN(C)C(=O)O. The van der Waals surface area contributed by atoms with E-state index in [9.17, 15) is 13.6 Å². The molecule has 0 rings (SSSR count). The van der Waals surface area contributed by atoms with Crippen molar-refractivity contribution >= 4 is 6.09 Å². The van der Waals surface area contributed by atoms with Gasteiger partial charge in [-0.15, -0.1) is 6.42 Å². The lowest BCUT2D eigenvalue weighted by molar-refractivity contribution is -0.176. The molecule has 0 fully saturated rings. The summed E-state index contributed by atoms with van der Waals surface area (Å²) in [4.78, 5) is 11.1. The third-order valence-corrected chi connectivity index (χ3v) is 2.28. The van der Waals surface area contributed by atoms with E-state index in [0.717, 1.165) is 7.05 Å². The van der Waals surface area contributed by atoms with Crippen molar-refractivity contribution in [2.45, 2.75) is 32.8 Å². The molecule has 0 aliphatic rings. The van der Waals surface area contributed by atoms with E-state index in [-0.39, 0.29) is 6.61 Å². The Morgan fingerprint density at radius 3 is 2.33 bits per heavy atom. The van der Waals surface area contributed by atoms with Crippen LogP contribution >= 0.6 is 0 Å². The Kier molecular flexibility index (Phi) is 5.55. The fourth-order valence-corrected chi connectivity index (χ4v) is 1.60. The average Bonchev–Trinajstić information content (AvgIpc) is 2.14. The van der Waals surface area contributed by atoms with Crippen LogP contribution in [0.15, 0.2) is 0 Å². The van der Waals surface area contributed by atoms with Crippen molar-refractivity contribution in [3.63, 3.8) is 0 Å². The number of alkyl halides is 2. The second-order valence-corrected chi connectivity index (χ2v) is 5.16. The lowest BCUT2D eigenvalue weighted by Gasteiger charge is -2.37. The van der Waals surface area contributed by atoms with Gasteiger partial charge in [-0.1, -0.05) is 26.7 Å². The van der Waals surface area contributed by atoms with Gasteiger partial charge in [-0.2, -0.15) is 0 Å². The number of amides is 1. The number of terminal acetylenes is 1. The lowest BCUT2D eigenvalue weighted by Crippen LogP contribution is -2.51. The second-order valence-electron chi connectivity index (χ2n) is 5.16. The molecule has 6 heteroatoms. The van der Waals surface area contributed by atoms with Gasteiger partial charge < -0.3 is 14.7 Å². The largest absolute Gasteiger partial charge is 0.465 e. The zero-order chi connectivity index (χ0) is 14.6. The molecule has 1 amide bonds. The summed E-state index contributed by atoms with van der Waals surface area (Å²) in [6, 6.07) is 0. The van der Waals surface area contributed by atoms with Gasteiger partial charge >= 0.3 is 6.09 Å². The smallest absolute Gasteiger partial charge is 0.407 e. The minimum Gasteiger partial charge on any atom is -0.465 e. The van der Waals surface area contributed by atoms with Crippen molar-refractivity contribution in [1.29, 1.82) is 0 Å². The van der Waals surface area contributed by atoms with Crippen molar-refractivity contribution in [2.24, 2.45) is 5.41 Å². The third kappa shape index (κ3) is 4.88. The van der Waals surface area contributed by atoms with E-state index in [1.54, 1.807) is 20.8 Å². The van der Waals surface area contributed by atoms with E-state index < -0.39 is 30.1 Å². The Hall–Kier alpha value is -1.35. The van der Waals surface area contributed by atoms with Crippen molar-refractivity contribution in [2.75, 3.05) is 20.2 Å². The number of rotatable bonds is 5. The Morgan fingerprint density at radius 1 is 1.50 bits per heavy atom. The molecule has 0 aromatic carbocycles. The summed E-state index contributed by atoms with van der Waals surface area (Å²) in [5, 5.41) is 8.63. The highest BCUT2D eigenvalue weighted by Gasteiger charge is 2.48. The minimum atomic E-state index is -3.32. The van der Waals surface area contributed by atoms with E-state index in [1.165, 1.54) is 0 Å². The Bertz CT molecular complexity index is 331. The zero-order valence-electron chi connectivity index (χ0n) is 11.0. The Morgan fingerprint density at radius 2 is 2.00 bits per heavy atom. The summed E-state index contributed by atoms with van der Waals surface area (Å²) in [7, 11) is 1.08. The molecule has 0 bridgehead atoms. The first-order chi connectivity index (χ1) is 8.02. The first kappa shape index (κ1) is 16.6. The summed E-state index contributed by atoms with van der Waals surface area (Å²) >= 11 is 0. The zero-order valence-corrected chi connectivity index (χ0v) is 11.0. The van der Waals surface area contributed by atoms with Crippen LogP contribution in [0.25, 0.3) is 0 Å². The van der Waals surface area contributed by atoms with E-state index in [2.05, 4.69) is 5.92 Å². The molecule has 0 saturated heterocycles. The Balaban J connectivity index is 4.97. The van der Waals surface area contributed by atoms with Crippen LogP contribution in [-0.2, 0) is 4.74 Å². The fraction of sp³-hybridized carbons (Fsp3) is 0.750. The number of carboxylic acid groups (broad SMARTS) is 1. The van der Waals surface area contributed by atoms with E-state index in [0.29, 0.717) is 4.90 Å². The van der Waals surface area contributed by atoms with Gasteiger partial charge in [-0.05, 0) is 5.41 Å². The maximum Gasteiger partial charge on any atom is 0.407 e. The highest BCUT2D eigenvalue weighted by atomic mass is 19.3. The van der Waals surface area contributed by atoms with Gasteiger partial charge in [-0.25, -0.2) is 13.6 Å². The van der Waals surface area contributed by atoms with Crippen molar-refractivity contribution in [3.8, 4) is 12.3 Å². The van der Waals surface area contributed by atoms with Crippen molar-refractivity contribution < 1.29 is 23.4 Å². The topological polar surface area (TPSA) is 49.8 Å². The maximum absolute atomic E-state index is 14.0. The first-order valence-electron chi connectivity index (χ1n) is 5.39. The Labute approximate surface area is 106 Å². The monoisotopic (exact) mass is 263 g/mol. The van der Waals surface area contributed by atoms with Gasteiger partial charge in [0.25, 0.3) is 5.92 Å². The molecule has 1 unspecified atom stereocenters. The minimum absolute atomic E-state index is 0.242. The molecule has 0 aromatic rings. The molecular formula is C12H19F2NO3. The lowest BCUT2D eigenvalue weighted by atomic mass is 9.85. The molecule has 0 spiro atoms. The normalized spacial score (nSPS) is 13.8. The predicted molar refractivity (Wildman–Crippen MR) is 63.6 cm³/mol. The molecule has 1 N–H and O–H groups in total. The maximum atomic E-state index is 14.0. The number of carbonyl (C=O) groups is 1. The summed E-state index contributed by atoms with van der Waals surface area (Å²) in [6.07, 6.45) is 2.12. The predicted octanol–water partition coefficient (Wildman–Crippen LogP) is 2.30. The molecule has 18 heavy (non-hydrogen) atoms. The highest BCUT2D eigenvalue weighted by molar-refractivity contribution is 5.64. The van der Waals surface area contributed by atoms with Gasteiger partial charge in [0.15, 0.2) is 0 Å². The molecule has 0 aliphatic heterocycles. The highest BCUT2D eigenvalue weighted by Crippen LogP contribution is 2.35. The molecule has 0 saturated carbocycles. The van der Waals surface area contributed by atoms with E-state index in [1.807, 2.05) is 0 Å². The molecule has 0 heterocycles. The first-order valence-corrected chi connectivity index (χ1v) is 5.39. The third-order valence-electron chi connectivity index (χ3n) is 2.28. The molecule has 0 radical (unpaired) electrons. The number of nitrogens with zero attached hydrogens (tertiary/aromatic N) is 1. The van der Waals surface area contributed by atoms with E-state index >= 15 is 0 Å². The number of ether oxygens (including phenoxy) is 1. The van der Waals surface area contributed by atoms with E-state index in [4.69, 9.17) is 16.3 Å². The van der Waals surface area contributed by atoms with Crippen LogP contribution in [0.4, 0.5) is 13.6 Å². The van der Waals surface area contributed by atoms with Crippen LogP contribution in [0.5, 0.6) is 0 Å². The van der Waals surface area contributed by atoms with Crippen LogP contribution in [0.1, 0.15) is 20.8 Å². The quantitative estimate of drug-likeness (QED) is 0.774. The van der Waals surface area contributed by atoms with Crippen molar-refractivity contribution in [3.05, 3.63) is 0 Å². The summed E-state index contributed by atoms with van der Waals surface area (Å²) < 4.78 is 33.0. The number of hydrogen-bond donors (Lipinski definition) is 1. The average molecular weight is 263 g/mol. The number of hydrogen-bond acceptors (Lipinski definition) is 2. The molecular weight excluding hydrogens is 244 g/mol. The number of halogens is 2. The standard InChI is InChI=1S/C12H19F2NO3/c1-6-7-18-9(11(2,3)4)12(13,14)8-15(5)10(16)17/h1,9H,7-8H2,2-5H3,(H,16,17). The van der Waals surface area contributed by atoms with Crippen LogP contribution in [0.3, 0.4) is 0 Å². The molecule has 104 valence electrons. The van der Waals surface area contributed by atoms with Gasteiger partial charge in [0.1, 0.15) is 12.7 Å². The molecule has 0 aromatic heterocycles. The summed E-state index contributed by atoms with van der Waals surface area (Å²) in [6.45, 7) is 3.58. The summed E-state index contributed by atoms with van der Waals surface area (Å²) in [5.74, 6) is -1.18. The molecule has 0 aliphatic carbocycles. The second kappa shape index (κ2) is 6.01. The van der Waals surface area contributed by atoms with Gasteiger partial charge in [0, 0.05) is 7.05 Å². The fourth-order valence-electron chi connectivity index (χ4n) is 1.60. The van der Waals surface area contributed by atoms with Crippen LogP contribution in [-0.4, -0.2) is 48.3 Å². The molecule has 4 nitrogen and oxygen atoms in total. The van der Waals surface area contributed by atoms with Crippen molar-refractivity contribution in [1.82, 2.24) is 4.90 Å².